The molecule has 9 nitrogen and oxygen atoms in total. The van der Waals surface area contributed by atoms with Gasteiger partial charge in [-0.1, -0.05) is 206 Å². The first-order valence-corrected chi connectivity index (χ1v) is 27.6. The molecule has 1 heterocycles. The highest BCUT2D eigenvalue weighted by Crippen LogP contribution is 2.23. The first-order chi connectivity index (χ1) is 34.4. The molecule has 0 aromatic rings. The summed E-state index contributed by atoms with van der Waals surface area (Å²) in [7, 11) is 0. The van der Waals surface area contributed by atoms with Crippen molar-refractivity contribution in [1.82, 2.24) is 0 Å². The number of hydrogen-bond donors (Lipinski definition) is 4. The van der Waals surface area contributed by atoms with Gasteiger partial charge in [0, 0.05) is 13.0 Å². The normalized spacial score (nSPS) is 19.9. The Morgan fingerprint density at radius 1 is 0.457 bits per heavy atom. The summed E-state index contributed by atoms with van der Waals surface area (Å²) in [5.74, 6) is -0.330. The second-order valence-electron chi connectivity index (χ2n) is 18.3. The van der Waals surface area contributed by atoms with E-state index < -0.39 is 43.4 Å². The van der Waals surface area contributed by atoms with Gasteiger partial charge in [0.2, 0.25) is 0 Å². The molecule has 6 atom stereocenters. The van der Waals surface area contributed by atoms with Crippen LogP contribution < -0.4 is 0 Å². The summed E-state index contributed by atoms with van der Waals surface area (Å²) in [4.78, 5) is 12.9. The number of aliphatic hydroxyl groups excluding tert-OH is 4. The molecule has 4 N–H and O–H groups in total. The van der Waals surface area contributed by atoms with Gasteiger partial charge in [0.1, 0.15) is 30.5 Å². The van der Waals surface area contributed by atoms with Gasteiger partial charge < -0.3 is 39.4 Å². The molecule has 0 aromatic carbocycles. The van der Waals surface area contributed by atoms with Crippen LogP contribution in [0.4, 0.5) is 0 Å². The van der Waals surface area contributed by atoms with Crippen LogP contribution in [0.5, 0.6) is 0 Å². The lowest BCUT2D eigenvalue weighted by Gasteiger charge is -2.39. The number of unbranched alkanes of at least 4 members (excludes halogenated alkanes) is 15. The maximum Gasteiger partial charge on any atom is 0.306 e. The molecular formula is C61H100O9. The van der Waals surface area contributed by atoms with E-state index in [-0.39, 0.29) is 19.2 Å². The Bertz CT molecular complexity index is 1480. The molecule has 1 aliphatic heterocycles. The van der Waals surface area contributed by atoms with Crippen molar-refractivity contribution in [2.45, 2.75) is 230 Å². The van der Waals surface area contributed by atoms with Gasteiger partial charge in [-0.05, 0) is 103 Å². The van der Waals surface area contributed by atoms with Gasteiger partial charge in [0.25, 0.3) is 0 Å². The lowest BCUT2D eigenvalue weighted by molar-refractivity contribution is -0.305. The Morgan fingerprint density at radius 3 is 1.24 bits per heavy atom. The third kappa shape index (κ3) is 40.2. The summed E-state index contributed by atoms with van der Waals surface area (Å²) in [6, 6.07) is 0. The molecule has 0 saturated carbocycles. The van der Waals surface area contributed by atoms with Gasteiger partial charge in [-0.3, -0.25) is 4.79 Å². The second-order valence-corrected chi connectivity index (χ2v) is 18.3. The SMILES string of the molecule is CC/C=C\C/C=C\C/C=C\C/C=C\C/C=C\C/C=C\CCCCCCCOCC(COC1OC(CO)C(O)C(O)C1O)OC(=O)CCCCCCCCCCCC/C=C\C/C=C\C/C=C\C/C=C\CC. The zero-order valence-corrected chi connectivity index (χ0v) is 44.0. The highest BCUT2D eigenvalue weighted by Gasteiger charge is 2.44. The Balaban J connectivity index is 2.22. The Kier molecular flexibility index (Phi) is 46.6. The molecule has 0 radical (unpaired) electrons. The molecule has 0 aromatic heterocycles. The number of esters is 1. The fourth-order valence-corrected chi connectivity index (χ4v) is 7.66. The summed E-state index contributed by atoms with van der Waals surface area (Å²) in [5, 5.41) is 40.3. The highest BCUT2D eigenvalue weighted by molar-refractivity contribution is 5.69. The number of aliphatic hydroxyl groups is 4. The van der Waals surface area contributed by atoms with Gasteiger partial charge >= 0.3 is 5.97 Å². The van der Waals surface area contributed by atoms with Crippen LogP contribution in [0.2, 0.25) is 0 Å². The summed E-state index contributed by atoms with van der Waals surface area (Å²) >= 11 is 0. The minimum absolute atomic E-state index is 0.121. The van der Waals surface area contributed by atoms with Crippen molar-refractivity contribution in [3.63, 3.8) is 0 Å². The minimum Gasteiger partial charge on any atom is -0.457 e. The minimum atomic E-state index is -1.55. The molecule has 6 unspecified atom stereocenters. The van der Waals surface area contributed by atoms with E-state index in [1.165, 1.54) is 44.9 Å². The highest BCUT2D eigenvalue weighted by atomic mass is 16.7. The van der Waals surface area contributed by atoms with E-state index in [0.717, 1.165) is 128 Å². The monoisotopic (exact) mass is 977 g/mol. The number of allylic oxidation sites excluding steroid dienone is 20. The quantitative estimate of drug-likeness (QED) is 0.0267. The van der Waals surface area contributed by atoms with E-state index in [2.05, 4.69) is 135 Å². The number of ether oxygens (including phenoxy) is 4. The van der Waals surface area contributed by atoms with Crippen LogP contribution in [0, 0.1) is 0 Å². The van der Waals surface area contributed by atoms with Crippen molar-refractivity contribution < 1.29 is 44.2 Å². The van der Waals surface area contributed by atoms with E-state index in [1.807, 2.05) is 0 Å². The van der Waals surface area contributed by atoms with Crippen LogP contribution in [0.25, 0.3) is 0 Å². The van der Waals surface area contributed by atoms with E-state index >= 15 is 0 Å². The van der Waals surface area contributed by atoms with Crippen molar-refractivity contribution in [3.05, 3.63) is 122 Å². The van der Waals surface area contributed by atoms with Crippen LogP contribution >= 0.6 is 0 Å². The zero-order chi connectivity index (χ0) is 50.6. The zero-order valence-electron chi connectivity index (χ0n) is 44.0. The van der Waals surface area contributed by atoms with Crippen molar-refractivity contribution in [2.24, 2.45) is 0 Å². The number of carbonyl (C=O) groups is 1. The fourth-order valence-electron chi connectivity index (χ4n) is 7.66. The largest absolute Gasteiger partial charge is 0.457 e. The summed E-state index contributed by atoms with van der Waals surface area (Å²) in [6.07, 6.45) is 66.6. The van der Waals surface area contributed by atoms with Crippen LogP contribution in [0.3, 0.4) is 0 Å². The third-order valence-corrected chi connectivity index (χ3v) is 11.9. The number of rotatable bonds is 46. The van der Waals surface area contributed by atoms with Crippen LogP contribution in [-0.2, 0) is 23.7 Å². The first-order valence-electron chi connectivity index (χ1n) is 27.6. The lowest BCUT2D eigenvalue weighted by atomic mass is 9.99. The predicted octanol–water partition coefficient (Wildman–Crippen LogP) is 14.3. The van der Waals surface area contributed by atoms with Crippen molar-refractivity contribution in [1.29, 1.82) is 0 Å². The predicted molar refractivity (Wildman–Crippen MR) is 292 cm³/mol. The molecule has 1 aliphatic rings. The van der Waals surface area contributed by atoms with E-state index in [4.69, 9.17) is 18.9 Å². The molecule has 0 amide bonds. The maximum absolute atomic E-state index is 12.9. The Hall–Kier alpha value is -3.41. The van der Waals surface area contributed by atoms with E-state index in [1.54, 1.807) is 0 Å². The molecule has 398 valence electrons. The molecular weight excluding hydrogens is 877 g/mol. The van der Waals surface area contributed by atoms with Gasteiger partial charge in [-0.15, -0.1) is 0 Å². The molecule has 1 fully saturated rings. The van der Waals surface area contributed by atoms with E-state index in [9.17, 15) is 25.2 Å². The van der Waals surface area contributed by atoms with Gasteiger partial charge in [0.05, 0.1) is 19.8 Å². The van der Waals surface area contributed by atoms with Gasteiger partial charge in [-0.25, -0.2) is 0 Å². The average Bonchev–Trinajstić information content (AvgIpc) is 3.36. The Morgan fingerprint density at radius 2 is 0.829 bits per heavy atom. The topological polar surface area (TPSA) is 135 Å². The molecule has 1 rings (SSSR count). The summed E-state index contributed by atoms with van der Waals surface area (Å²) in [5.41, 5.74) is 0. The Labute approximate surface area is 427 Å². The molecule has 0 spiro atoms. The van der Waals surface area contributed by atoms with Gasteiger partial charge in [0.15, 0.2) is 6.29 Å². The van der Waals surface area contributed by atoms with Crippen molar-refractivity contribution in [2.75, 3.05) is 26.4 Å². The molecule has 0 aliphatic carbocycles. The van der Waals surface area contributed by atoms with Gasteiger partial charge in [-0.2, -0.15) is 0 Å². The van der Waals surface area contributed by atoms with E-state index in [0.29, 0.717) is 13.0 Å². The second kappa shape index (κ2) is 50.5. The van der Waals surface area contributed by atoms with Crippen LogP contribution in [0.1, 0.15) is 194 Å². The maximum atomic E-state index is 12.9. The third-order valence-electron chi connectivity index (χ3n) is 11.9. The average molecular weight is 977 g/mol. The fraction of sp³-hybridized carbons (Fsp3) is 0.656. The number of hydrogen-bond acceptors (Lipinski definition) is 9. The first kappa shape index (κ1) is 64.6. The molecule has 1 saturated heterocycles. The molecule has 9 heteroatoms. The van der Waals surface area contributed by atoms with Crippen LogP contribution in [-0.4, -0.2) is 89.6 Å². The lowest BCUT2D eigenvalue weighted by Crippen LogP contribution is -2.59. The molecule has 0 bridgehead atoms. The summed E-state index contributed by atoms with van der Waals surface area (Å²) in [6.45, 7) is 4.27. The van der Waals surface area contributed by atoms with Crippen molar-refractivity contribution in [3.8, 4) is 0 Å². The van der Waals surface area contributed by atoms with Crippen LogP contribution in [0.15, 0.2) is 122 Å². The number of carbonyl (C=O) groups excluding carboxylic acids is 1. The smallest absolute Gasteiger partial charge is 0.306 e. The molecule has 70 heavy (non-hydrogen) atoms. The summed E-state index contributed by atoms with van der Waals surface area (Å²) < 4.78 is 22.9. The standard InChI is InChI=1S/C61H100O9/c1-3-5-7-9-11-13-15-17-19-21-23-25-27-29-31-33-35-37-39-41-43-45-47-49-51-67-53-55(54-68-61-60(66)59(65)58(64)56(52-62)70-61)69-57(63)50-48-46-44-42-40-38-36-34-32-30-28-26-24-22-20-18-16-14-12-10-8-6-4-2/h5-8,11-14,17-20,23-26,29,31,35,37,55-56,58-62,64-66H,3-4,9-10,15-16,21-22,27-28,30,32-34,36,38-54H2,1-2H3/b7-5-,8-6-,13-11-,14-12-,19-17-,20-18-,25-23-,26-24-,31-29-,37-35-. The van der Waals surface area contributed by atoms with Crippen molar-refractivity contribution >= 4 is 5.97 Å².